The number of fused-ring (bicyclic) bond motifs is 1. The molecule has 4 rings (SSSR count). The van der Waals surface area contributed by atoms with Crippen LogP contribution in [0.5, 0.6) is 5.75 Å². The highest BCUT2D eigenvalue weighted by molar-refractivity contribution is 5.83. The molecule has 3 aromatic rings. The second-order valence-electron chi connectivity index (χ2n) is 6.46. The molecular weight excluding hydrogens is 328 g/mol. The van der Waals surface area contributed by atoms with Gasteiger partial charge < -0.3 is 19.8 Å². The number of pyridine rings is 1. The summed E-state index contributed by atoms with van der Waals surface area (Å²) in [6.07, 6.45) is 3.81. The lowest BCUT2D eigenvalue weighted by molar-refractivity contribution is 0.0853. The van der Waals surface area contributed by atoms with Crippen molar-refractivity contribution in [1.29, 1.82) is 5.26 Å². The maximum Gasteiger partial charge on any atom is 0.132 e. The van der Waals surface area contributed by atoms with E-state index >= 15 is 0 Å². The Labute approximate surface area is 151 Å². The zero-order chi connectivity index (χ0) is 17.9. The molecule has 26 heavy (non-hydrogen) atoms. The van der Waals surface area contributed by atoms with Crippen LogP contribution >= 0.6 is 0 Å². The molecule has 2 N–H and O–H groups in total. The first kappa shape index (κ1) is 16.4. The van der Waals surface area contributed by atoms with Gasteiger partial charge in [0.2, 0.25) is 0 Å². The summed E-state index contributed by atoms with van der Waals surface area (Å²) >= 11 is 0. The average Bonchev–Trinajstić information content (AvgIpc) is 3.11. The molecule has 0 radical (unpaired) electrons. The smallest absolute Gasteiger partial charge is 0.132 e. The van der Waals surface area contributed by atoms with Crippen LogP contribution in [-0.2, 0) is 4.74 Å². The van der Waals surface area contributed by atoms with Gasteiger partial charge in [0.1, 0.15) is 23.3 Å². The summed E-state index contributed by atoms with van der Waals surface area (Å²) in [6.45, 7) is 1.60. The third-order valence-electron chi connectivity index (χ3n) is 4.75. The van der Waals surface area contributed by atoms with Crippen molar-refractivity contribution in [2.24, 2.45) is 0 Å². The minimum atomic E-state index is 0.483. The normalized spacial score (nSPS) is 14.9. The molecule has 6 nitrogen and oxygen atoms in total. The molecule has 1 fully saturated rings. The Morgan fingerprint density at radius 1 is 1.23 bits per heavy atom. The van der Waals surface area contributed by atoms with Gasteiger partial charge in [-0.25, -0.2) is 4.98 Å². The van der Waals surface area contributed by atoms with Gasteiger partial charge in [0.05, 0.1) is 12.6 Å². The highest BCUT2D eigenvalue weighted by Gasteiger charge is 2.17. The van der Waals surface area contributed by atoms with Crippen LogP contribution in [-0.4, -0.2) is 30.3 Å². The van der Waals surface area contributed by atoms with E-state index in [2.05, 4.69) is 33.5 Å². The number of rotatable bonds is 4. The van der Waals surface area contributed by atoms with Gasteiger partial charge in [-0.15, -0.1) is 0 Å². The molecule has 1 aliphatic heterocycles. The van der Waals surface area contributed by atoms with Crippen LogP contribution < -0.4 is 10.1 Å². The van der Waals surface area contributed by atoms with Gasteiger partial charge in [-0.05, 0) is 42.5 Å². The number of ether oxygens (including phenoxy) is 2. The number of hydrogen-bond acceptors (Lipinski definition) is 5. The Morgan fingerprint density at radius 2 is 2.08 bits per heavy atom. The molecule has 1 aliphatic rings. The summed E-state index contributed by atoms with van der Waals surface area (Å²) in [6, 6.07) is 12.0. The Hall–Kier alpha value is -3.04. The summed E-state index contributed by atoms with van der Waals surface area (Å²) in [5.74, 6) is 2.02. The molecule has 132 valence electrons. The molecule has 6 heteroatoms. The topological polar surface area (TPSA) is 83.0 Å². The summed E-state index contributed by atoms with van der Waals surface area (Å²) in [5.41, 5.74) is 3.60. The van der Waals surface area contributed by atoms with E-state index in [1.165, 1.54) is 5.56 Å². The molecule has 0 saturated carbocycles. The van der Waals surface area contributed by atoms with E-state index in [1.807, 2.05) is 12.1 Å². The van der Waals surface area contributed by atoms with Crippen LogP contribution in [0.4, 0.5) is 11.5 Å². The third-order valence-corrected chi connectivity index (χ3v) is 4.75. The van der Waals surface area contributed by atoms with Crippen molar-refractivity contribution in [2.45, 2.75) is 18.8 Å². The fourth-order valence-corrected chi connectivity index (χ4v) is 3.38. The van der Waals surface area contributed by atoms with Crippen LogP contribution in [0, 0.1) is 11.3 Å². The van der Waals surface area contributed by atoms with Crippen molar-refractivity contribution in [3.8, 4) is 11.8 Å². The predicted molar refractivity (Wildman–Crippen MR) is 99.9 cm³/mol. The number of aromatic amines is 1. The highest BCUT2D eigenvalue weighted by atomic mass is 16.5. The summed E-state index contributed by atoms with van der Waals surface area (Å²) in [4.78, 5) is 7.52. The van der Waals surface area contributed by atoms with E-state index < -0.39 is 0 Å². The predicted octanol–water partition coefficient (Wildman–Crippen LogP) is 4.08. The zero-order valence-corrected chi connectivity index (χ0v) is 14.6. The molecule has 1 saturated heterocycles. The molecular formula is C20H20N4O2. The van der Waals surface area contributed by atoms with E-state index in [1.54, 1.807) is 19.4 Å². The molecule has 0 aliphatic carbocycles. The van der Waals surface area contributed by atoms with Crippen LogP contribution in [0.15, 0.2) is 36.5 Å². The van der Waals surface area contributed by atoms with Gasteiger partial charge >= 0.3 is 0 Å². The minimum Gasteiger partial charge on any atom is -0.497 e. The van der Waals surface area contributed by atoms with Crippen LogP contribution in [0.2, 0.25) is 0 Å². The lowest BCUT2D eigenvalue weighted by Gasteiger charge is -2.23. The molecule has 0 spiro atoms. The van der Waals surface area contributed by atoms with Gasteiger partial charge in [0.25, 0.3) is 0 Å². The number of benzene rings is 1. The summed E-state index contributed by atoms with van der Waals surface area (Å²) in [7, 11) is 1.68. The Balaban J connectivity index is 1.63. The molecule has 0 bridgehead atoms. The molecule has 0 atom stereocenters. The average molecular weight is 348 g/mol. The molecule has 2 aromatic heterocycles. The van der Waals surface area contributed by atoms with Gasteiger partial charge in [0, 0.05) is 42.6 Å². The highest BCUT2D eigenvalue weighted by Crippen LogP contribution is 2.33. The number of nitrogens with one attached hydrogen (secondary N) is 2. The van der Waals surface area contributed by atoms with Crippen molar-refractivity contribution in [3.05, 3.63) is 47.8 Å². The number of nitriles is 1. The molecule has 0 amide bonds. The molecule has 0 unspecified atom stereocenters. The van der Waals surface area contributed by atoms with Crippen LogP contribution in [0.1, 0.15) is 30.0 Å². The number of methoxy groups -OCH3 is 1. The van der Waals surface area contributed by atoms with E-state index in [-0.39, 0.29) is 0 Å². The van der Waals surface area contributed by atoms with E-state index in [0.29, 0.717) is 11.6 Å². The van der Waals surface area contributed by atoms with E-state index in [0.717, 1.165) is 54.2 Å². The van der Waals surface area contributed by atoms with E-state index in [9.17, 15) is 0 Å². The first-order valence-corrected chi connectivity index (χ1v) is 8.68. The Kier molecular flexibility index (Phi) is 4.46. The van der Waals surface area contributed by atoms with Gasteiger partial charge in [-0.1, -0.05) is 0 Å². The standard InChI is InChI=1S/C20H20N4O2/c1-25-18-8-14(13-2-4-26-5-3-13)6-16(9-18)24-20-10-19-15(12-22-20)7-17(11-21)23-19/h6-10,12-13,23H,2-5H2,1H3,(H,22,24). The van der Waals surface area contributed by atoms with Crippen molar-refractivity contribution in [1.82, 2.24) is 9.97 Å². The summed E-state index contributed by atoms with van der Waals surface area (Å²) < 4.78 is 11.0. The van der Waals surface area contributed by atoms with Crippen molar-refractivity contribution >= 4 is 22.4 Å². The van der Waals surface area contributed by atoms with Gasteiger partial charge in [-0.2, -0.15) is 5.26 Å². The third kappa shape index (κ3) is 3.35. The molecule has 3 heterocycles. The van der Waals surface area contributed by atoms with E-state index in [4.69, 9.17) is 14.7 Å². The number of hydrogen-bond donors (Lipinski definition) is 2. The second kappa shape index (κ2) is 7.06. The zero-order valence-electron chi connectivity index (χ0n) is 14.6. The van der Waals surface area contributed by atoms with Gasteiger partial charge in [0.15, 0.2) is 0 Å². The fourth-order valence-electron chi connectivity index (χ4n) is 3.38. The first-order valence-electron chi connectivity index (χ1n) is 8.68. The largest absolute Gasteiger partial charge is 0.497 e. The summed E-state index contributed by atoms with van der Waals surface area (Å²) in [5, 5.41) is 13.3. The Bertz CT molecular complexity index is 968. The van der Waals surface area contributed by atoms with Crippen LogP contribution in [0.3, 0.4) is 0 Å². The van der Waals surface area contributed by atoms with Gasteiger partial charge in [-0.3, -0.25) is 0 Å². The maximum absolute atomic E-state index is 9.02. The van der Waals surface area contributed by atoms with Crippen molar-refractivity contribution in [3.63, 3.8) is 0 Å². The van der Waals surface area contributed by atoms with Crippen molar-refractivity contribution in [2.75, 3.05) is 25.6 Å². The minimum absolute atomic E-state index is 0.483. The second-order valence-corrected chi connectivity index (χ2v) is 6.46. The first-order chi connectivity index (χ1) is 12.7. The fraction of sp³-hybridized carbons (Fsp3) is 0.300. The SMILES string of the molecule is COc1cc(Nc2cc3[nH]c(C#N)cc3cn2)cc(C2CCOCC2)c1. The Morgan fingerprint density at radius 3 is 2.85 bits per heavy atom. The van der Waals surface area contributed by atoms with Crippen LogP contribution in [0.25, 0.3) is 10.9 Å². The lowest BCUT2D eigenvalue weighted by Crippen LogP contribution is -2.14. The maximum atomic E-state index is 9.02. The van der Waals surface area contributed by atoms with Crippen molar-refractivity contribution < 1.29 is 9.47 Å². The number of aromatic nitrogens is 2. The lowest BCUT2D eigenvalue weighted by atomic mass is 9.91. The number of anilines is 2. The molecule has 1 aromatic carbocycles. The quantitative estimate of drug-likeness (QED) is 0.742. The monoisotopic (exact) mass is 348 g/mol. The number of H-pyrrole nitrogens is 1. The number of nitrogens with zero attached hydrogens (tertiary/aromatic N) is 2.